The molecule has 3 aromatic carbocycles. The fourth-order valence-corrected chi connectivity index (χ4v) is 8.62. The number of hydrogen-bond acceptors (Lipinski definition) is 2. The Kier molecular flexibility index (Phi) is 6.98. The Bertz CT molecular complexity index is 793. The van der Waals surface area contributed by atoms with Gasteiger partial charge in [0.25, 0.3) is 0 Å². The van der Waals surface area contributed by atoms with E-state index in [1.54, 1.807) is 6.08 Å². The highest BCUT2D eigenvalue weighted by atomic mass is 28.3. The summed E-state index contributed by atoms with van der Waals surface area (Å²) in [7, 11) is -2.22. The maximum atomic E-state index is 11.7. The SMILES string of the molecule is CC=CC(=O)OCCC[Si](c1ccccc1)(c1ccccc1)c1ccccc1. The lowest BCUT2D eigenvalue weighted by atomic mass is 10.3. The molecule has 3 rings (SSSR count). The lowest BCUT2D eigenvalue weighted by Crippen LogP contribution is -2.67. The third-order valence-corrected chi connectivity index (χ3v) is 10.1. The summed E-state index contributed by atoms with van der Waals surface area (Å²) in [6, 6.07) is 33.4. The van der Waals surface area contributed by atoms with Crippen molar-refractivity contribution in [1.82, 2.24) is 0 Å². The Hall–Kier alpha value is -2.91. The number of allylic oxidation sites excluding steroid dienone is 1. The van der Waals surface area contributed by atoms with E-state index in [0.29, 0.717) is 6.61 Å². The van der Waals surface area contributed by atoms with Crippen LogP contribution in [-0.2, 0) is 9.53 Å². The van der Waals surface area contributed by atoms with Crippen LogP contribution in [0.5, 0.6) is 0 Å². The first-order chi connectivity index (χ1) is 13.8. The van der Waals surface area contributed by atoms with Crippen molar-refractivity contribution in [1.29, 1.82) is 0 Å². The zero-order valence-electron chi connectivity index (χ0n) is 16.3. The van der Waals surface area contributed by atoms with Crippen molar-refractivity contribution in [3.63, 3.8) is 0 Å². The van der Waals surface area contributed by atoms with Gasteiger partial charge in [0.2, 0.25) is 0 Å². The van der Waals surface area contributed by atoms with Crippen LogP contribution in [0.2, 0.25) is 6.04 Å². The zero-order valence-corrected chi connectivity index (χ0v) is 17.3. The minimum absolute atomic E-state index is 0.270. The molecule has 28 heavy (non-hydrogen) atoms. The molecule has 0 amide bonds. The number of benzene rings is 3. The lowest BCUT2D eigenvalue weighted by molar-refractivity contribution is -0.137. The van der Waals surface area contributed by atoms with Gasteiger partial charge in [0, 0.05) is 6.08 Å². The van der Waals surface area contributed by atoms with E-state index >= 15 is 0 Å². The van der Waals surface area contributed by atoms with Gasteiger partial charge in [-0.3, -0.25) is 0 Å². The van der Waals surface area contributed by atoms with Crippen molar-refractivity contribution in [2.24, 2.45) is 0 Å². The van der Waals surface area contributed by atoms with Gasteiger partial charge in [0.05, 0.1) is 6.61 Å². The van der Waals surface area contributed by atoms with Crippen LogP contribution in [0.15, 0.2) is 103 Å². The molecule has 0 spiro atoms. The number of carbonyl (C=O) groups excluding carboxylic acids is 1. The molecule has 2 nitrogen and oxygen atoms in total. The average Bonchev–Trinajstić information content (AvgIpc) is 2.76. The molecule has 0 heterocycles. The highest BCUT2D eigenvalue weighted by molar-refractivity contribution is 7.11. The van der Waals surface area contributed by atoms with Crippen LogP contribution in [0.1, 0.15) is 13.3 Å². The van der Waals surface area contributed by atoms with Gasteiger partial charge < -0.3 is 4.74 Å². The van der Waals surface area contributed by atoms with E-state index in [2.05, 4.69) is 91.0 Å². The molecule has 0 aliphatic rings. The molecule has 3 aromatic rings. The van der Waals surface area contributed by atoms with Crippen LogP contribution < -0.4 is 15.6 Å². The summed E-state index contributed by atoms with van der Waals surface area (Å²) in [6.45, 7) is 2.25. The first-order valence-corrected chi connectivity index (χ1v) is 11.9. The number of ether oxygens (including phenoxy) is 1. The molecule has 0 saturated heterocycles. The highest BCUT2D eigenvalue weighted by Gasteiger charge is 2.38. The molecule has 3 heteroatoms. The largest absolute Gasteiger partial charge is 0.463 e. The second-order valence-electron chi connectivity index (χ2n) is 6.77. The van der Waals surface area contributed by atoms with Crippen LogP contribution in [0, 0.1) is 0 Å². The van der Waals surface area contributed by atoms with Crippen molar-refractivity contribution in [2.45, 2.75) is 19.4 Å². The number of carbonyl (C=O) groups is 1. The minimum Gasteiger partial charge on any atom is -0.463 e. The fraction of sp³-hybridized carbons (Fsp3) is 0.160. The van der Waals surface area contributed by atoms with Crippen LogP contribution >= 0.6 is 0 Å². The summed E-state index contributed by atoms with van der Waals surface area (Å²) in [5.74, 6) is -0.270. The molecule has 0 radical (unpaired) electrons. The van der Waals surface area contributed by atoms with E-state index in [1.165, 1.54) is 21.6 Å². The average molecular weight is 387 g/mol. The minimum atomic E-state index is -2.22. The molecule has 0 atom stereocenters. The van der Waals surface area contributed by atoms with Gasteiger partial charge in [-0.05, 0) is 34.9 Å². The molecule has 0 aliphatic heterocycles. The van der Waals surface area contributed by atoms with Crippen molar-refractivity contribution in [3.8, 4) is 0 Å². The van der Waals surface area contributed by atoms with Crippen molar-refractivity contribution in [3.05, 3.63) is 103 Å². The van der Waals surface area contributed by atoms with E-state index in [4.69, 9.17) is 4.74 Å². The molecular formula is C25H26O2Si. The standard InChI is InChI=1S/C25H26O2Si/c1-2-13-25(26)27-20-12-21-28(22-14-6-3-7-15-22,23-16-8-4-9-17-23)24-18-10-5-11-19-24/h2-11,13-19H,12,20-21H2,1H3. The van der Waals surface area contributed by atoms with Crippen LogP contribution in [0.25, 0.3) is 0 Å². The van der Waals surface area contributed by atoms with E-state index in [0.717, 1.165) is 12.5 Å². The summed E-state index contributed by atoms with van der Waals surface area (Å²) in [6.07, 6.45) is 4.00. The van der Waals surface area contributed by atoms with E-state index < -0.39 is 8.07 Å². The van der Waals surface area contributed by atoms with Gasteiger partial charge in [-0.2, -0.15) is 0 Å². The number of hydrogen-bond donors (Lipinski definition) is 0. The van der Waals surface area contributed by atoms with Gasteiger partial charge in [0.15, 0.2) is 0 Å². The Morgan fingerprint density at radius 3 is 1.61 bits per heavy atom. The summed E-state index contributed by atoms with van der Waals surface area (Å²) in [5.41, 5.74) is 0. The second-order valence-corrected chi connectivity index (χ2v) is 10.8. The molecule has 0 fully saturated rings. The fourth-order valence-electron chi connectivity index (χ4n) is 3.80. The summed E-state index contributed by atoms with van der Waals surface area (Å²) in [5, 5.41) is 4.14. The highest BCUT2D eigenvalue weighted by Crippen LogP contribution is 2.15. The first kappa shape index (κ1) is 19.8. The molecule has 0 unspecified atom stereocenters. The number of esters is 1. The lowest BCUT2D eigenvalue weighted by Gasteiger charge is -2.34. The third kappa shape index (κ3) is 4.49. The second kappa shape index (κ2) is 9.86. The van der Waals surface area contributed by atoms with Gasteiger partial charge in [-0.1, -0.05) is 97.1 Å². The van der Waals surface area contributed by atoms with E-state index in [9.17, 15) is 4.79 Å². The summed E-state index contributed by atoms with van der Waals surface area (Å²) >= 11 is 0. The first-order valence-electron chi connectivity index (χ1n) is 9.73. The number of rotatable bonds is 8. The molecule has 0 aliphatic carbocycles. The predicted molar refractivity (Wildman–Crippen MR) is 119 cm³/mol. The van der Waals surface area contributed by atoms with Crippen molar-refractivity contribution < 1.29 is 9.53 Å². The van der Waals surface area contributed by atoms with Crippen molar-refractivity contribution >= 4 is 29.6 Å². The Morgan fingerprint density at radius 1 is 0.786 bits per heavy atom. The molecule has 0 aromatic heterocycles. The Morgan fingerprint density at radius 2 is 1.21 bits per heavy atom. The Balaban J connectivity index is 2.00. The van der Waals surface area contributed by atoms with Crippen LogP contribution in [0.3, 0.4) is 0 Å². The van der Waals surface area contributed by atoms with Gasteiger partial charge in [-0.25, -0.2) is 4.79 Å². The Labute approximate surface area is 168 Å². The van der Waals surface area contributed by atoms with Crippen LogP contribution in [-0.4, -0.2) is 20.7 Å². The normalized spacial score (nSPS) is 11.5. The molecular weight excluding hydrogens is 360 g/mol. The van der Waals surface area contributed by atoms with E-state index in [1.807, 2.05) is 6.92 Å². The van der Waals surface area contributed by atoms with Gasteiger partial charge in [0.1, 0.15) is 8.07 Å². The quantitative estimate of drug-likeness (QED) is 0.194. The topological polar surface area (TPSA) is 26.3 Å². The molecule has 142 valence electrons. The summed E-state index contributed by atoms with van der Waals surface area (Å²) in [4.78, 5) is 11.7. The predicted octanol–water partition coefficient (Wildman–Crippen LogP) is 3.67. The van der Waals surface area contributed by atoms with E-state index in [-0.39, 0.29) is 5.97 Å². The molecule has 0 bridgehead atoms. The van der Waals surface area contributed by atoms with Crippen LogP contribution in [0.4, 0.5) is 0 Å². The maximum absolute atomic E-state index is 11.7. The summed E-state index contributed by atoms with van der Waals surface area (Å²) < 4.78 is 5.38. The molecule has 0 N–H and O–H groups in total. The monoisotopic (exact) mass is 386 g/mol. The third-order valence-electron chi connectivity index (χ3n) is 5.04. The molecule has 0 saturated carbocycles. The smallest absolute Gasteiger partial charge is 0.330 e. The van der Waals surface area contributed by atoms with Gasteiger partial charge in [-0.15, -0.1) is 0 Å². The van der Waals surface area contributed by atoms with Crippen molar-refractivity contribution in [2.75, 3.05) is 6.61 Å². The maximum Gasteiger partial charge on any atom is 0.330 e. The zero-order chi connectivity index (χ0) is 19.7. The van der Waals surface area contributed by atoms with Gasteiger partial charge >= 0.3 is 5.97 Å².